The number of hydrogen-bond acceptors (Lipinski definition) is 5. The van der Waals surface area contributed by atoms with E-state index in [4.69, 9.17) is 9.47 Å². The van der Waals surface area contributed by atoms with E-state index in [9.17, 15) is 9.59 Å². The van der Waals surface area contributed by atoms with Gasteiger partial charge >= 0.3 is 6.09 Å². The van der Waals surface area contributed by atoms with Crippen molar-refractivity contribution in [3.05, 3.63) is 89.6 Å². The summed E-state index contributed by atoms with van der Waals surface area (Å²) in [6.07, 6.45) is 1.03. The standard InChI is InChI=1S/C24H23N3O4/c1-17(19-7-3-2-4-8-19)31-22-11-10-20(15-25-22)23(28)26-21-9-5-6-18(14-21)16-27-12-13-30-24(27)29/h2-11,14-15,17H,12-13,16H2,1H3,(H,26,28)/t17-/m1/s1. The number of carbonyl (C=O) groups is 2. The monoisotopic (exact) mass is 417 g/mol. The highest BCUT2D eigenvalue weighted by Gasteiger charge is 2.21. The highest BCUT2D eigenvalue weighted by Crippen LogP contribution is 2.20. The second kappa shape index (κ2) is 9.30. The zero-order valence-corrected chi connectivity index (χ0v) is 17.2. The summed E-state index contributed by atoms with van der Waals surface area (Å²) < 4.78 is 10.8. The van der Waals surface area contributed by atoms with Crippen molar-refractivity contribution in [2.45, 2.75) is 19.6 Å². The Bertz CT molecular complexity index is 1050. The van der Waals surface area contributed by atoms with Crippen LogP contribution in [0.4, 0.5) is 10.5 Å². The average molecular weight is 417 g/mol. The third-order valence-corrected chi connectivity index (χ3v) is 4.97. The van der Waals surface area contributed by atoms with Crippen molar-refractivity contribution in [2.24, 2.45) is 0 Å². The number of carbonyl (C=O) groups excluding carboxylic acids is 2. The molecule has 0 aliphatic carbocycles. The lowest BCUT2D eigenvalue weighted by atomic mass is 10.1. The highest BCUT2D eigenvalue weighted by molar-refractivity contribution is 6.04. The maximum absolute atomic E-state index is 12.6. The molecule has 1 fully saturated rings. The van der Waals surface area contributed by atoms with E-state index in [1.54, 1.807) is 23.1 Å². The lowest BCUT2D eigenvalue weighted by Gasteiger charge is -2.14. The van der Waals surface area contributed by atoms with Crippen molar-refractivity contribution < 1.29 is 19.1 Å². The summed E-state index contributed by atoms with van der Waals surface area (Å²) in [6, 6.07) is 20.6. The van der Waals surface area contributed by atoms with Gasteiger partial charge in [-0.2, -0.15) is 0 Å². The van der Waals surface area contributed by atoms with Gasteiger partial charge in [0.2, 0.25) is 5.88 Å². The number of hydrogen-bond donors (Lipinski definition) is 1. The Hall–Kier alpha value is -3.87. The van der Waals surface area contributed by atoms with Crippen molar-refractivity contribution in [1.29, 1.82) is 0 Å². The molecule has 4 rings (SSSR count). The van der Waals surface area contributed by atoms with E-state index in [0.717, 1.165) is 11.1 Å². The number of benzene rings is 2. The molecule has 0 spiro atoms. The molecule has 2 amide bonds. The Kier molecular flexibility index (Phi) is 6.12. The fourth-order valence-corrected chi connectivity index (χ4v) is 3.30. The Morgan fingerprint density at radius 3 is 2.71 bits per heavy atom. The van der Waals surface area contributed by atoms with Gasteiger partial charge in [0.05, 0.1) is 12.1 Å². The van der Waals surface area contributed by atoms with E-state index in [0.29, 0.717) is 36.8 Å². The van der Waals surface area contributed by atoms with Crippen LogP contribution in [0.15, 0.2) is 72.9 Å². The summed E-state index contributed by atoms with van der Waals surface area (Å²) >= 11 is 0. The van der Waals surface area contributed by atoms with Gasteiger partial charge in [-0.25, -0.2) is 9.78 Å². The molecule has 7 heteroatoms. The molecule has 0 unspecified atom stereocenters. The van der Waals surface area contributed by atoms with Crippen LogP contribution in [0.25, 0.3) is 0 Å². The predicted molar refractivity (Wildman–Crippen MR) is 116 cm³/mol. The number of nitrogens with one attached hydrogen (secondary N) is 1. The summed E-state index contributed by atoms with van der Waals surface area (Å²) in [5, 5.41) is 2.87. The molecule has 31 heavy (non-hydrogen) atoms. The van der Waals surface area contributed by atoms with Crippen molar-refractivity contribution in [3.8, 4) is 5.88 Å². The molecule has 1 aliphatic heterocycles. The Balaban J connectivity index is 1.36. The number of aromatic nitrogens is 1. The molecule has 1 atom stereocenters. The average Bonchev–Trinajstić information content (AvgIpc) is 3.19. The molecule has 7 nitrogen and oxygen atoms in total. The molecule has 0 radical (unpaired) electrons. The molecule has 1 N–H and O–H groups in total. The topological polar surface area (TPSA) is 80.8 Å². The zero-order valence-electron chi connectivity index (χ0n) is 17.2. The van der Waals surface area contributed by atoms with Crippen LogP contribution >= 0.6 is 0 Å². The number of cyclic esters (lactones) is 1. The quantitative estimate of drug-likeness (QED) is 0.615. The Labute approximate surface area is 180 Å². The third-order valence-electron chi connectivity index (χ3n) is 4.97. The Morgan fingerprint density at radius 1 is 1.16 bits per heavy atom. The van der Waals surface area contributed by atoms with Crippen molar-refractivity contribution in [1.82, 2.24) is 9.88 Å². The first-order valence-corrected chi connectivity index (χ1v) is 10.1. The fraction of sp³-hybridized carbons (Fsp3) is 0.208. The van der Waals surface area contributed by atoms with E-state index in [-0.39, 0.29) is 18.1 Å². The maximum atomic E-state index is 12.6. The van der Waals surface area contributed by atoms with E-state index in [2.05, 4.69) is 10.3 Å². The lowest BCUT2D eigenvalue weighted by Crippen LogP contribution is -2.23. The molecule has 0 bridgehead atoms. The van der Waals surface area contributed by atoms with Crippen LogP contribution in [0.5, 0.6) is 5.88 Å². The normalized spacial score (nSPS) is 14.1. The van der Waals surface area contributed by atoms with Gasteiger partial charge in [-0.15, -0.1) is 0 Å². The largest absolute Gasteiger partial charge is 0.470 e. The summed E-state index contributed by atoms with van der Waals surface area (Å²) in [7, 11) is 0. The van der Waals surface area contributed by atoms with E-state index < -0.39 is 0 Å². The van der Waals surface area contributed by atoms with Crippen LogP contribution in [0.3, 0.4) is 0 Å². The molecular weight excluding hydrogens is 394 g/mol. The maximum Gasteiger partial charge on any atom is 0.410 e. The SMILES string of the molecule is C[C@@H](Oc1ccc(C(=O)Nc2cccc(CN3CCOC3=O)c2)cn1)c1ccccc1. The molecule has 1 saturated heterocycles. The number of nitrogens with zero attached hydrogens (tertiary/aromatic N) is 2. The molecule has 3 aromatic rings. The van der Waals surface area contributed by atoms with Gasteiger partial charge in [-0.1, -0.05) is 42.5 Å². The minimum absolute atomic E-state index is 0.149. The van der Waals surface area contributed by atoms with Crippen molar-refractivity contribution >= 4 is 17.7 Å². The number of rotatable bonds is 7. The molecule has 0 saturated carbocycles. The summed E-state index contributed by atoms with van der Waals surface area (Å²) in [5.41, 5.74) is 3.03. The van der Waals surface area contributed by atoms with Crippen LogP contribution in [-0.2, 0) is 11.3 Å². The number of amides is 2. The predicted octanol–water partition coefficient (Wildman–Crippen LogP) is 4.43. The first-order chi connectivity index (χ1) is 15.1. The van der Waals surface area contributed by atoms with Gasteiger partial charge in [-0.3, -0.25) is 4.79 Å². The number of ether oxygens (including phenoxy) is 2. The van der Waals surface area contributed by atoms with Gasteiger partial charge in [0.15, 0.2) is 0 Å². The van der Waals surface area contributed by atoms with Crippen LogP contribution in [0, 0.1) is 0 Å². The Morgan fingerprint density at radius 2 is 2.00 bits per heavy atom. The second-order valence-electron chi connectivity index (χ2n) is 7.25. The summed E-state index contributed by atoms with van der Waals surface area (Å²) in [4.78, 5) is 30.1. The van der Waals surface area contributed by atoms with Gasteiger partial charge in [0.25, 0.3) is 5.91 Å². The minimum Gasteiger partial charge on any atom is -0.470 e. The van der Waals surface area contributed by atoms with Gasteiger partial charge < -0.3 is 19.7 Å². The smallest absolute Gasteiger partial charge is 0.410 e. The van der Waals surface area contributed by atoms with Gasteiger partial charge in [0.1, 0.15) is 12.7 Å². The summed E-state index contributed by atoms with van der Waals surface area (Å²) in [6.45, 7) is 3.37. The van der Waals surface area contributed by atoms with Crippen LogP contribution < -0.4 is 10.1 Å². The highest BCUT2D eigenvalue weighted by atomic mass is 16.6. The summed E-state index contributed by atoms with van der Waals surface area (Å²) in [5.74, 6) is 0.181. The van der Waals surface area contributed by atoms with Crippen molar-refractivity contribution in [3.63, 3.8) is 0 Å². The van der Waals surface area contributed by atoms with Crippen LogP contribution in [0.1, 0.15) is 34.5 Å². The molecule has 158 valence electrons. The van der Waals surface area contributed by atoms with Crippen LogP contribution in [-0.4, -0.2) is 35.0 Å². The second-order valence-corrected chi connectivity index (χ2v) is 7.25. The number of pyridine rings is 1. The zero-order chi connectivity index (χ0) is 21.6. The first kappa shape index (κ1) is 20.4. The molecule has 1 aliphatic rings. The van der Waals surface area contributed by atoms with E-state index in [1.165, 1.54) is 6.20 Å². The van der Waals surface area contributed by atoms with Crippen LogP contribution in [0.2, 0.25) is 0 Å². The number of anilines is 1. The molecule has 2 aromatic carbocycles. The third kappa shape index (κ3) is 5.19. The lowest BCUT2D eigenvalue weighted by molar-refractivity contribution is 0.102. The first-order valence-electron chi connectivity index (χ1n) is 10.1. The molecule has 1 aromatic heterocycles. The van der Waals surface area contributed by atoms with Crippen molar-refractivity contribution in [2.75, 3.05) is 18.5 Å². The van der Waals surface area contributed by atoms with Gasteiger partial charge in [-0.05, 0) is 36.2 Å². The minimum atomic E-state index is -0.315. The van der Waals surface area contributed by atoms with E-state index in [1.807, 2.05) is 55.5 Å². The van der Waals surface area contributed by atoms with Gasteiger partial charge in [0, 0.05) is 24.5 Å². The molecule has 2 heterocycles. The van der Waals surface area contributed by atoms with E-state index >= 15 is 0 Å². The fourth-order valence-electron chi connectivity index (χ4n) is 3.30. The molecular formula is C24H23N3O4.